The monoisotopic (exact) mass is 533 g/mol. The Morgan fingerprint density at radius 3 is 1.42 bits per heavy atom. The van der Waals surface area contributed by atoms with E-state index in [-0.39, 0.29) is 0 Å². The van der Waals surface area contributed by atoms with E-state index in [0.29, 0.717) is 16.2 Å². The number of rotatable bonds is 1. The minimum atomic E-state index is 0.536. The molecule has 3 fully saturated rings. The third-order valence-corrected chi connectivity index (χ3v) is 11.1. The van der Waals surface area contributed by atoms with E-state index in [4.69, 9.17) is 0 Å². The second kappa shape index (κ2) is 17.1. The summed E-state index contributed by atoms with van der Waals surface area (Å²) in [6.07, 6.45) is 24.9. The largest absolute Gasteiger partial charge is 0.0625 e. The van der Waals surface area contributed by atoms with Crippen LogP contribution in [0.4, 0.5) is 0 Å². The summed E-state index contributed by atoms with van der Waals surface area (Å²) in [5.41, 5.74) is 1.78. The zero-order chi connectivity index (χ0) is 29.0. The quantitative estimate of drug-likeness (QED) is 0.315. The second-order valence-corrected chi connectivity index (χ2v) is 17.5. The van der Waals surface area contributed by atoms with Crippen LogP contribution < -0.4 is 0 Å². The summed E-state index contributed by atoms with van der Waals surface area (Å²) in [7, 11) is 0. The van der Waals surface area contributed by atoms with Crippen LogP contribution in [0.1, 0.15) is 192 Å². The zero-order valence-electron chi connectivity index (χ0n) is 29.0. The van der Waals surface area contributed by atoms with Crippen LogP contribution in [0.5, 0.6) is 0 Å². The summed E-state index contributed by atoms with van der Waals surface area (Å²) in [6.45, 7) is 28.9. The molecule has 5 atom stereocenters. The molecule has 0 heterocycles. The van der Waals surface area contributed by atoms with Gasteiger partial charge >= 0.3 is 0 Å². The molecule has 3 saturated carbocycles. The fourth-order valence-corrected chi connectivity index (χ4v) is 7.86. The molecule has 0 nitrogen and oxygen atoms in total. The highest BCUT2D eigenvalue weighted by molar-refractivity contribution is 4.84. The summed E-state index contributed by atoms with van der Waals surface area (Å²) in [5, 5.41) is 0. The minimum Gasteiger partial charge on any atom is -0.0625 e. The van der Waals surface area contributed by atoms with Crippen molar-refractivity contribution in [3.8, 4) is 0 Å². The lowest BCUT2D eigenvalue weighted by atomic mass is 9.65. The van der Waals surface area contributed by atoms with Crippen molar-refractivity contribution in [2.75, 3.05) is 0 Å². The molecule has 0 aromatic heterocycles. The third-order valence-electron chi connectivity index (χ3n) is 11.1. The van der Waals surface area contributed by atoms with Gasteiger partial charge in [0.1, 0.15) is 0 Å². The highest BCUT2D eigenvalue weighted by Crippen LogP contribution is 2.44. The van der Waals surface area contributed by atoms with E-state index < -0.39 is 0 Å². The molecule has 0 aromatic carbocycles. The van der Waals surface area contributed by atoms with Gasteiger partial charge in [0.2, 0.25) is 0 Å². The maximum atomic E-state index is 2.46. The van der Waals surface area contributed by atoms with Crippen molar-refractivity contribution in [1.82, 2.24) is 0 Å². The van der Waals surface area contributed by atoms with E-state index in [1.54, 1.807) is 0 Å². The van der Waals surface area contributed by atoms with Crippen molar-refractivity contribution in [2.45, 2.75) is 192 Å². The molecule has 228 valence electrons. The van der Waals surface area contributed by atoms with E-state index in [1.807, 2.05) is 0 Å². The smallest absolute Gasteiger partial charge is 0.0351 e. The van der Waals surface area contributed by atoms with Gasteiger partial charge < -0.3 is 0 Å². The van der Waals surface area contributed by atoms with Crippen molar-refractivity contribution in [3.05, 3.63) is 0 Å². The Bertz CT molecular complexity index is 574. The van der Waals surface area contributed by atoms with Crippen LogP contribution in [0.25, 0.3) is 0 Å². The summed E-state index contributed by atoms with van der Waals surface area (Å²) in [4.78, 5) is 0. The zero-order valence-corrected chi connectivity index (χ0v) is 29.0. The van der Waals surface area contributed by atoms with Crippen molar-refractivity contribution in [3.63, 3.8) is 0 Å². The van der Waals surface area contributed by atoms with Crippen molar-refractivity contribution in [2.24, 2.45) is 51.8 Å². The van der Waals surface area contributed by atoms with Crippen LogP contribution in [0, 0.1) is 51.8 Å². The van der Waals surface area contributed by atoms with E-state index >= 15 is 0 Å². The molecule has 0 radical (unpaired) electrons. The maximum Gasteiger partial charge on any atom is -0.0351 e. The van der Waals surface area contributed by atoms with Crippen LogP contribution in [0.3, 0.4) is 0 Å². The van der Waals surface area contributed by atoms with Gasteiger partial charge in [0.05, 0.1) is 0 Å². The Balaban J connectivity index is 0.000000286. The van der Waals surface area contributed by atoms with Crippen LogP contribution in [-0.4, -0.2) is 0 Å². The topological polar surface area (TPSA) is 0 Å². The molecular formula is C38H76. The molecule has 0 saturated heterocycles. The van der Waals surface area contributed by atoms with Crippen LogP contribution in [0.2, 0.25) is 0 Å². The molecule has 0 heteroatoms. The fraction of sp³-hybridized carbons (Fsp3) is 1.00. The first kappa shape index (κ1) is 36.0. The first-order chi connectivity index (χ1) is 17.5. The summed E-state index contributed by atoms with van der Waals surface area (Å²) >= 11 is 0. The highest BCUT2D eigenvalue weighted by atomic mass is 14.4. The van der Waals surface area contributed by atoms with Gasteiger partial charge in [-0.25, -0.2) is 0 Å². The highest BCUT2D eigenvalue weighted by Gasteiger charge is 2.33. The Morgan fingerprint density at radius 2 is 1.03 bits per heavy atom. The average molecular weight is 533 g/mol. The summed E-state index contributed by atoms with van der Waals surface area (Å²) in [5.74, 6) is 5.68. The van der Waals surface area contributed by atoms with E-state index in [2.05, 4.69) is 83.1 Å². The van der Waals surface area contributed by atoms with Crippen molar-refractivity contribution >= 4 is 0 Å². The number of hydrogen-bond acceptors (Lipinski definition) is 0. The average Bonchev–Trinajstić information content (AvgIpc) is 2.77. The van der Waals surface area contributed by atoms with Gasteiger partial charge in [-0.15, -0.1) is 0 Å². The van der Waals surface area contributed by atoms with Gasteiger partial charge in [-0.1, -0.05) is 147 Å². The minimum absolute atomic E-state index is 0.536. The standard InChI is InChI=1S/C14H28.2C12H24/c1-14(2)12-10-8-6-4-3-5-7-9-11-13-14;1-9-6-7-11(8-10(9)2)12(3,4)5;1-9(2)11-6-7-12(4,5)8-10(11)3/h3-13H2,1-2H3;2*9-11H,6-8H2,1-5H3/t;9?,10-,11?;10-,11?/m.01/s1. The van der Waals surface area contributed by atoms with E-state index in [1.165, 1.54) is 109 Å². The van der Waals surface area contributed by atoms with Gasteiger partial charge in [-0.05, 0) is 96.7 Å². The van der Waals surface area contributed by atoms with Crippen LogP contribution in [0.15, 0.2) is 0 Å². The molecule has 0 spiro atoms. The molecule has 3 unspecified atom stereocenters. The van der Waals surface area contributed by atoms with Crippen LogP contribution >= 0.6 is 0 Å². The Morgan fingerprint density at radius 1 is 0.553 bits per heavy atom. The van der Waals surface area contributed by atoms with Gasteiger partial charge in [0, 0.05) is 0 Å². The molecule has 0 bridgehead atoms. The second-order valence-electron chi connectivity index (χ2n) is 17.5. The first-order valence-corrected chi connectivity index (χ1v) is 17.5. The van der Waals surface area contributed by atoms with Gasteiger partial charge in [-0.2, -0.15) is 0 Å². The maximum absolute atomic E-state index is 2.46. The molecule has 38 heavy (non-hydrogen) atoms. The Kier molecular flexibility index (Phi) is 16.2. The lowest BCUT2D eigenvalue weighted by molar-refractivity contribution is 0.0996. The van der Waals surface area contributed by atoms with Crippen LogP contribution in [-0.2, 0) is 0 Å². The molecule has 3 aliphatic carbocycles. The van der Waals surface area contributed by atoms with Crippen molar-refractivity contribution in [1.29, 1.82) is 0 Å². The molecular weight excluding hydrogens is 456 g/mol. The summed E-state index contributed by atoms with van der Waals surface area (Å²) in [6, 6.07) is 0. The third kappa shape index (κ3) is 15.1. The Hall–Kier alpha value is 0. The molecule has 0 N–H and O–H groups in total. The number of hydrogen-bond donors (Lipinski definition) is 0. The summed E-state index contributed by atoms with van der Waals surface area (Å²) < 4.78 is 0. The SMILES string of the molecule is CC(C)C1CCC(C)(C)C[C@H]1C.CC1(C)CCCCCCCCCCC1.CC1CCC(C(C)(C)C)C[C@@H]1C. The van der Waals surface area contributed by atoms with Gasteiger partial charge in [0.15, 0.2) is 0 Å². The predicted octanol–water partition coefficient (Wildman–Crippen LogP) is 13.5. The molecule has 0 amide bonds. The molecule has 3 aliphatic rings. The van der Waals surface area contributed by atoms with E-state index in [9.17, 15) is 0 Å². The molecule has 0 aromatic rings. The lowest BCUT2D eigenvalue weighted by Crippen LogP contribution is -2.30. The van der Waals surface area contributed by atoms with Crippen molar-refractivity contribution < 1.29 is 0 Å². The van der Waals surface area contributed by atoms with E-state index in [0.717, 1.165) is 35.5 Å². The Labute approximate surface area is 243 Å². The van der Waals surface area contributed by atoms with Gasteiger partial charge in [0.25, 0.3) is 0 Å². The lowest BCUT2D eigenvalue weighted by Gasteiger charge is -2.41. The first-order valence-electron chi connectivity index (χ1n) is 17.5. The normalized spacial score (nSPS) is 32.9. The molecule has 0 aliphatic heterocycles. The van der Waals surface area contributed by atoms with Gasteiger partial charge in [-0.3, -0.25) is 0 Å². The fourth-order valence-electron chi connectivity index (χ4n) is 7.86. The predicted molar refractivity (Wildman–Crippen MR) is 175 cm³/mol. The molecule has 3 rings (SSSR count).